The predicted octanol–water partition coefficient (Wildman–Crippen LogP) is 2.99. The van der Waals surface area contributed by atoms with Crippen LogP contribution >= 0.6 is 0 Å². The number of benzene rings is 2. The molecule has 2 N–H and O–H groups in total. The van der Waals surface area contributed by atoms with Gasteiger partial charge in [0.15, 0.2) is 0 Å². The Morgan fingerprint density at radius 1 is 1.09 bits per heavy atom. The van der Waals surface area contributed by atoms with Gasteiger partial charge in [-0.25, -0.2) is 0 Å². The topological polar surface area (TPSA) is 41.5 Å². The molecule has 3 nitrogen and oxygen atoms in total. The molecule has 0 radical (unpaired) electrons. The van der Waals surface area contributed by atoms with Crippen LogP contribution in [0.2, 0.25) is 0 Å². The lowest BCUT2D eigenvalue weighted by molar-refractivity contribution is 0.0634. The number of ether oxygens (including phenoxy) is 1. The molecule has 0 aliphatic heterocycles. The maximum atomic E-state index is 9.93. The molecule has 0 spiro atoms. The first-order chi connectivity index (χ1) is 10.6. The number of hydrogen-bond donors (Lipinski definition) is 2. The fourth-order valence-corrected chi connectivity index (χ4v) is 2.63. The minimum Gasteiger partial charge on any atom is -0.389 e. The summed E-state index contributed by atoms with van der Waals surface area (Å²) in [6, 6.07) is 16.9. The predicted molar refractivity (Wildman–Crippen MR) is 90.1 cm³/mol. The molecule has 2 aromatic rings. The summed E-state index contributed by atoms with van der Waals surface area (Å²) in [4.78, 5) is 0. The SMILES string of the molecule is COCC(O)CNC(c1ccccc1)c1cc(C)ccc1C. The van der Waals surface area contributed by atoms with E-state index in [0.717, 1.165) is 0 Å². The molecular formula is C19H25NO2. The largest absolute Gasteiger partial charge is 0.389 e. The molecule has 2 atom stereocenters. The van der Waals surface area contributed by atoms with E-state index in [4.69, 9.17) is 4.74 Å². The summed E-state index contributed by atoms with van der Waals surface area (Å²) < 4.78 is 5.00. The third-order valence-corrected chi connectivity index (χ3v) is 3.80. The van der Waals surface area contributed by atoms with Crippen molar-refractivity contribution in [2.24, 2.45) is 0 Å². The van der Waals surface area contributed by atoms with E-state index in [-0.39, 0.29) is 6.04 Å². The molecule has 2 unspecified atom stereocenters. The fourth-order valence-electron chi connectivity index (χ4n) is 2.63. The number of hydrogen-bond acceptors (Lipinski definition) is 3. The van der Waals surface area contributed by atoms with Crippen LogP contribution in [0, 0.1) is 13.8 Å². The quantitative estimate of drug-likeness (QED) is 0.826. The highest BCUT2D eigenvalue weighted by Crippen LogP contribution is 2.25. The molecule has 0 aliphatic rings. The lowest BCUT2D eigenvalue weighted by atomic mass is 9.93. The molecule has 2 aromatic carbocycles. The summed E-state index contributed by atoms with van der Waals surface area (Å²) in [6.45, 7) is 5.05. The average Bonchev–Trinajstić information content (AvgIpc) is 2.52. The summed E-state index contributed by atoms with van der Waals surface area (Å²) in [6.07, 6.45) is -0.513. The number of rotatable bonds is 7. The summed E-state index contributed by atoms with van der Waals surface area (Å²) >= 11 is 0. The minimum absolute atomic E-state index is 0.0626. The Bertz CT molecular complexity index is 583. The van der Waals surface area contributed by atoms with Gasteiger partial charge in [-0.1, -0.05) is 54.1 Å². The zero-order chi connectivity index (χ0) is 15.9. The lowest BCUT2D eigenvalue weighted by Crippen LogP contribution is -2.33. The number of aliphatic hydroxyl groups excluding tert-OH is 1. The Hall–Kier alpha value is -1.68. The molecule has 22 heavy (non-hydrogen) atoms. The Kier molecular flexibility index (Phi) is 6.13. The van der Waals surface area contributed by atoms with E-state index in [1.807, 2.05) is 18.2 Å². The van der Waals surface area contributed by atoms with Crippen LogP contribution in [0.3, 0.4) is 0 Å². The second-order valence-corrected chi connectivity index (χ2v) is 5.72. The Labute approximate surface area is 133 Å². The number of nitrogens with one attached hydrogen (secondary N) is 1. The summed E-state index contributed by atoms with van der Waals surface area (Å²) in [5.74, 6) is 0. The van der Waals surface area contributed by atoms with E-state index in [1.54, 1.807) is 7.11 Å². The van der Waals surface area contributed by atoms with E-state index < -0.39 is 6.10 Å². The van der Waals surface area contributed by atoms with Gasteiger partial charge in [0, 0.05) is 13.7 Å². The van der Waals surface area contributed by atoms with Gasteiger partial charge in [0.2, 0.25) is 0 Å². The van der Waals surface area contributed by atoms with E-state index in [2.05, 4.69) is 49.5 Å². The smallest absolute Gasteiger partial charge is 0.0897 e. The van der Waals surface area contributed by atoms with Crippen LogP contribution in [0.1, 0.15) is 28.3 Å². The molecule has 118 valence electrons. The van der Waals surface area contributed by atoms with E-state index in [9.17, 15) is 5.11 Å². The van der Waals surface area contributed by atoms with Gasteiger partial charge >= 0.3 is 0 Å². The first-order valence-electron chi connectivity index (χ1n) is 7.64. The summed E-state index contributed by atoms with van der Waals surface area (Å²) in [5.41, 5.74) is 4.92. The standard InChI is InChI=1S/C19H25NO2/c1-14-9-10-15(2)18(11-14)19(16-7-5-4-6-8-16)20-12-17(21)13-22-3/h4-11,17,19-21H,12-13H2,1-3H3. The van der Waals surface area contributed by atoms with Crippen molar-refractivity contribution in [2.75, 3.05) is 20.3 Å². The van der Waals surface area contributed by atoms with Crippen molar-refractivity contribution in [3.63, 3.8) is 0 Å². The van der Waals surface area contributed by atoms with Crippen molar-refractivity contribution in [1.82, 2.24) is 5.32 Å². The molecule has 2 rings (SSSR count). The number of methoxy groups -OCH3 is 1. The van der Waals surface area contributed by atoms with Crippen LogP contribution in [0.5, 0.6) is 0 Å². The van der Waals surface area contributed by atoms with Crippen LogP contribution in [0.15, 0.2) is 48.5 Å². The third-order valence-electron chi connectivity index (χ3n) is 3.80. The van der Waals surface area contributed by atoms with Gasteiger partial charge in [-0.3, -0.25) is 0 Å². The van der Waals surface area contributed by atoms with Crippen LogP contribution in [0.4, 0.5) is 0 Å². The second kappa shape index (κ2) is 8.08. The summed E-state index contributed by atoms with van der Waals surface area (Å²) in [7, 11) is 1.60. The average molecular weight is 299 g/mol. The Morgan fingerprint density at radius 3 is 2.50 bits per heavy atom. The van der Waals surface area contributed by atoms with Crippen molar-refractivity contribution in [2.45, 2.75) is 26.0 Å². The van der Waals surface area contributed by atoms with Gasteiger partial charge < -0.3 is 15.2 Å². The molecule has 0 heterocycles. The first kappa shape index (κ1) is 16.7. The second-order valence-electron chi connectivity index (χ2n) is 5.72. The lowest BCUT2D eigenvalue weighted by Gasteiger charge is -2.23. The number of aryl methyl sites for hydroxylation is 2. The van der Waals surface area contributed by atoms with Gasteiger partial charge in [-0.2, -0.15) is 0 Å². The Balaban J connectivity index is 2.27. The van der Waals surface area contributed by atoms with Gasteiger partial charge in [-0.05, 0) is 30.5 Å². The maximum absolute atomic E-state index is 9.93. The van der Waals surface area contributed by atoms with Gasteiger partial charge in [0.25, 0.3) is 0 Å². The van der Waals surface area contributed by atoms with E-state index in [0.29, 0.717) is 13.2 Å². The zero-order valence-electron chi connectivity index (χ0n) is 13.5. The van der Waals surface area contributed by atoms with Crippen molar-refractivity contribution >= 4 is 0 Å². The Morgan fingerprint density at radius 2 is 1.82 bits per heavy atom. The monoisotopic (exact) mass is 299 g/mol. The molecule has 3 heteroatoms. The van der Waals surface area contributed by atoms with Crippen molar-refractivity contribution in [1.29, 1.82) is 0 Å². The van der Waals surface area contributed by atoms with E-state index >= 15 is 0 Å². The molecule has 0 bridgehead atoms. The van der Waals surface area contributed by atoms with Crippen molar-refractivity contribution in [3.8, 4) is 0 Å². The van der Waals surface area contributed by atoms with Crippen molar-refractivity contribution in [3.05, 3.63) is 70.8 Å². The molecular weight excluding hydrogens is 274 g/mol. The molecule has 0 aromatic heterocycles. The van der Waals surface area contributed by atoms with Crippen LogP contribution < -0.4 is 5.32 Å². The number of aliphatic hydroxyl groups is 1. The normalized spacial score (nSPS) is 13.8. The van der Waals surface area contributed by atoms with Crippen molar-refractivity contribution < 1.29 is 9.84 Å². The highest BCUT2D eigenvalue weighted by Gasteiger charge is 2.17. The third kappa shape index (κ3) is 4.41. The van der Waals surface area contributed by atoms with Gasteiger partial charge in [-0.15, -0.1) is 0 Å². The highest BCUT2D eigenvalue weighted by atomic mass is 16.5. The highest BCUT2D eigenvalue weighted by molar-refractivity contribution is 5.39. The first-order valence-corrected chi connectivity index (χ1v) is 7.64. The molecule has 0 saturated carbocycles. The fraction of sp³-hybridized carbons (Fsp3) is 0.368. The minimum atomic E-state index is -0.513. The van der Waals surface area contributed by atoms with Crippen LogP contribution in [0.25, 0.3) is 0 Å². The van der Waals surface area contributed by atoms with Gasteiger partial charge in [0.1, 0.15) is 0 Å². The molecule has 0 saturated heterocycles. The zero-order valence-corrected chi connectivity index (χ0v) is 13.5. The molecule has 0 fully saturated rings. The van der Waals surface area contributed by atoms with Crippen LogP contribution in [-0.2, 0) is 4.74 Å². The van der Waals surface area contributed by atoms with Crippen LogP contribution in [-0.4, -0.2) is 31.5 Å². The maximum Gasteiger partial charge on any atom is 0.0897 e. The van der Waals surface area contributed by atoms with Gasteiger partial charge in [0.05, 0.1) is 18.8 Å². The summed E-state index contributed by atoms with van der Waals surface area (Å²) in [5, 5.41) is 13.4. The molecule has 0 amide bonds. The molecule has 0 aliphatic carbocycles. The van der Waals surface area contributed by atoms with E-state index in [1.165, 1.54) is 22.3 Å².